The topological polar surface area (TPSA) is 92.5 Å². The van der Waals surface area contributed by atoms with Crippen LogP contribution in [-0.4, -0.2) is 17.7 Å². The number of carbonyl (C=O) groups excluding carboxylic acids is 3. The van der Waals surface area contributed by atoms with Gasteiger partial charge in [-0.2, -0.15) is 0 Å². The lowest BCUT2D eigenvalue weighted by Crippen LogP contribution is -2.36. The first-order valence-electron chi connectivity index (χ1n) is 11.0. The number of amides is 3. The van der Waals surface area contributed by atoms with Crippen LogP contribution in [0.4, 0.5) is 23.2 Å². The van der Waals surface area contributed by atoms with Crippen molar-refractivity contribution in [3.63, 3.8) is 0 Å². The van der Waals surface area contributed by atoms with Crippen molar-refractivity contribution in [2.45, 2.75) is 32.4 Å². The maximum absolute atomic E-state index is 14.9. The van der Waals surface area contributed by atoms with Crippen molar-refractivity contribution < 1.29 is 31.9 Å². The SMILES string of the molecule is CC1(C)C(=O)N(Cc2cccc(C(N)=O)c2F)c2cc(C(=O)NCc3c(F)cc(F)cc3F)cc(I)c21. The van der Waals surface area contributed by atoms with Gasteiger partial charge in [0.2, 0.25) is 5.91 Å². The Bertz CT molecular complexity index is 1450. The van der Waals surface area contributed by atoms with Crippen LogP contribution in [0.5, 0.6) is 0 Å². The van der Waals surface area contributed by atoms with E-state index in [2.05, 4.69) is 5.32 Å². The molecule has 0 aliphatic carbocycles. The molecular formula is C26H20F4IN3O3. The summed E-state index contributed by atoms with van der Waals surface area (Å²) in [4.78, 5) is 39.1. The molecular weight excluding hydrogens is 605 g/mol. The summed E-state index contributed by atoms with van der Waals surface area (Å²) in [6.45, 7) is 2.64. The predicted octanol–water partition coefficient (Wildman–Crippen LogP) is 4.70. The number of halogens is 5. The lowest BCUT2D eigenvalue weighted by molar-refractivity contribution is -0.122. The Hall–Kier alpha value is -3.48. The smallest absolute Gasteiger partial charge is 0.251 e. The summed E-state index contributed by atoms with van der Waals surface area (Å²) >= 11 is 1.98. The second-order valence-corrected chi connectivity index (χ2v) is 10.2. The van der Waals surface area contributed by atoms with E-state index in [9.17, 15) is 31.9 Å². The summed E-state index contributed by atoms with van der Waals surface area (Å²) < 4.78 is 56.6. The van der Waals surface area contributed by atoms with Gasteiger partial charge in [0, 0.05) is 44.5 Å². The Morgan fingerprint density at radius 1 is 1.05 bits per heavy atom. The Balaban J connectivity index is 1.68. The van der Waals surface area contributed by atoms with Crippen molar-refractivity contribution in [2.24, 2.45) is 5.73 Å². The molecule has 0 aromatic heterocycles. The third-order valence-corrected chi connectivity index (χ3v) is 7.08. The first kappa shape index (κ1) is 26.6. The Morgan fingerprint density at radius 2 is 1.70 bits per heavy atom. The molecule has 0 unspecified atom stereocenters. The van der Waals surface area contributed by atoms with Crippen LogP contribution in [0.1, 0.15) is 51.3 Å². The Labute approximate surface area is 223 Å². The molecule has 11 heteroatoms. The van der Waals surface area contributed by atoms with Crippen molar-refractivity contribution in [1.29, 1.82) is 0 Å². The summed E-state index contributed by atoms with van der Waals surface area (Å²) in [5, 5.41) is 2.40. The number of hydrogen-bond donors (Lipinski definition) is 2. The molecule has 1 aliphatic rings. The molecule has 3 N–H and O–H groups in total. The quantitative estimate of drug-likeness (QED) is 0.308. The van der Waals surface area contributed by atoms with Crippen LogP contribution >= 0.6 is 22.6 Å². The Kier molecular flexibility index (Phi) is 7.01. The number of anilines is 1. The Morgan fingerprint density at radius 3 is 2.32 bits per heavy atom. The number of nitrogens with two attached hydrogens (primary N) is 1. The van der Waals surface area contributed by atoms with Crippen LogP contribution in [-0.2, 0) is 23.3 Å². The van der Waals surface area contributed by atoms with Crippen molar-refractivity contribution in [3.8, 4) is 0 Å². The zero-order chi connectivity index (χ0) is 27.2. The number of nitrogens with zero attached hydrogens (tertiary/aromatic N) is 1. The second-order valence-electron chi connectivity index (χ2n) is 9.04. The molecule has 1 heterocycles. The van der Waals surface area contributed by atoms with Gasteiger partial charge in [-0.25, -0.2) is 17.6 Å². The number of carbonyl (C=O) groups is 3. The third kappa shape index (κ3) is 4.79. The van der Waals surface area contributed by atoms with Gasteiger partial charge < -0.3 is 16.0 Å². The maximum atomic E-state index is 14.9. The maximum Gasteiger partial charge on any atom is 0.251 e. The minimum absolute atomic E-state index is 0.0559. The molecule has 0 bridgehead atoms. The minimum Gasteiger partial charge on any atom is -0.366 e. The largest absolute Gasteiger partial charge is 0.366 e. The molecule has 0 saturated heterocycles. The molecule has 192 valence electrons. The van der Waals surface area contributed by atoms with E-state index in [1.165, 1.54) is 35.2 Å². The summed E-state index contributed by atoms with van der Waals surface area (Å²) in [6, 6.07) is 8.11. The fraction of sp³-hybridized carbons (Fsp3) is 0.192. The highest BCUT2D eigenvalue weighted by molar-refractivity contribution is 14.1. The fourth-order valence-electron chi connectivity index (χ4n) is 4.34. The summed E-state index contributed by atoms with van der Waals surface area (Å²) in [6.07, 6.45) is 0. The summed E-state index contributed by atoms with van der Waals surface area (Å²) in [5.41, 5.74) is 4.54. The van der Waals surface area contributed by atoms with Crippen LogP contribution < -0.4 is 16.0 Å². The number of hydrogen-bond acceptors (Lipinski definition) is 3. The van der Waals surface area contributed by atoms with Crippen LogP contribution in [0, 0.1) is 26.8 Å². The van der Waals surface area contributed by atoms with Gasteiger partial charge >= 0.3 is 0 Å². The molecule has 3 amide bonds. The van der Waals surface area contributed by atoms with Gasteiger partial charge in [0.1, 0.15) is 23.3 Å². The molecule has 0 spiro atoms. The van der Waals surface area contributed by atoms with Gasteiger partial charge in [0.05, 0.1) is 23.2 Å². The first-order valence-corrected chi connectivity index (χ1v) is 12.1. The minimum atomic E-state index is -1.14. The highest BCUT2D eigenvalue weighted by Crippen LogP contribution is 2.45. The lowest BCUT2D eigenvalue weighted by Gasteiger charge is -2.21. The first-order chi connectivity index (χ1) is 17.3. The number of rotatable bonds is 6. The van der Waals surface area contributed by atoms with Gasteiger partial charge in [-0.05, 0) is 54.6 Å². The number of fused-ring (bicyclic) bond motifs is 1. The van der Waals surface area contributed by atoms with Crippen molar-refractivity contribution >= 4 is 46.0 Å². The number of benzene rings is 3. The van der Waals surface area contributed by atoms with Gasteiger partial charge in [-0.3, -0.25) is 14.4 Å². The van der Waals surface area contributed by atoms with E-state index in [0.717, 1.165) is 0 Å². The van der Waals surface area contributed by atoms with Crippen molar-refractivity contribution in [2.75, 3.05) is 4.90 Å². The van der Waals surface area contributed by atoms with E-state index in [-0.39, 0.29) is 29.1 Å². The lowest BCUT2D eigenvalue weighted by atomic mass is 9.86. The molecule has 3 aromatic carbocycles. The van der Waals surface area contributed by atoms with E-state index in [1.54, 1.807) is 13.8 Å². The molecule has 3 aromatic rings. The molecule has 1 aliphatic heterocycles. The van der Waals surface area contributed by atoms with Gasteiger partial charge in [0.15, 0.2) is 0 Å². The van der Waals surface area contributed by atoms with Crippen LogP contribution in [0.2, 0.25) is 0 Å². The van der Waals surface area contributed by atoms with E-state index in [0.29, 0.717) is 27.0 Å². The number of primary amides is 1. The predicted molar refractivity (Wildman–Crippen MR) is 136 cm³/mol. The average Bonchev–Trinajstić information content (AvgIpc) is 2.99. The van der Waals surface area contributed by atoms with Crippen LogP contribution in [0.15, 0.2) is 42.5 Å². The van der Waals surface area contributed by atoms with E-state index in [1.807, 2.05) is 22.6 Å². The van der Waals surface area contributed by atoms with E-state index >= 15 is 0 Å². The molecule has 4 rings (SSSR count). The normalized spacial score (nSPS) is 14.0. The summed E-state index contributed by atoms with van der Waals surface area (Å²) in [5.74, 6) is -6.19. The van der Waals surface area contributed by atoms with Gasteiger partial charge in [-0.1, -0.05) is 12.1 Å². The highest BCUT2D eigenvalue weighted by Gasteiger charge is 2.46. The molecule has 0 atom stereocenters. The fourth-order valence-corrected chi connectivity index (χ4v) is 5.63. The van der Waals surface area contributed by atoms with E-state index < -0.39 is 52.6 Å². The van der Waals surface area contributed by atoms with Gasteiger partial charge in [-0.15, -0.1) is 0 Å². The summed E-state index contributed by atoms with van der Waals surface area (Å²) in [7, 11) is 0. The molecule has 6 nitrogen and oxygen atoms in total. The standard InChI is InChI=1S/C26H20F4IN3O3/c1-26(2)21-19(31)6-13(24(36)33-10-16-17(28)8-14(27)9-18(16)29)7-20(21)34(25(26)37)11-12-4-3-5-15(22(12)30)23(32)35/h3-9H,10-11H2,1-2H3,(H2,32,35)(H,33,36). The van der Waals surface area contributed by atoms with Crippen molar-refractivity contribution in [3.05, 3.63) is 97.1 Å². The van der Waals surface area contributed by atoms with Crippen LogP contribution in [0.25, 0.3) is 0 Å². The van der Waals surface area contributed by atoms with Crippen molar-refractivity contribution in [1.82, 2.24) is 5.32 Å². The highest BCUT2D eigenvalue weighted by atomic mass is 127. The second kappa shape index (κ2) is 9.77. The third-order valence-electron chi connectivity index (χ3n) is 6.23. The zero-order valence-corrected chi connectivity index (χ0v) is 21.8. The van der Waals surface area contributed by atoms with Gasteiger partial charge in [0.25, 0.3) is 11.8 Å². The van der Waals surface area contributed by atoms with Crippen LogP contribution in [0.3, 0.4) is 0 Å². The molecule has 0 radical (unpaired) electrons. The zero-order valence-electron chi connectivity index (χ0n) is 19.6. The molecule has 0 fully saturated rings. The monoisotopic (exact) mass is 625 g/mol. The molecule has 37 heavy (non-hydrogen) atoms. The van der Waals surface area contributed by atoms with E-state index in [4.69, 9.17) is 5.73 Å². The molecule has 0 saturated carbocycles. The number of nitrogens with one attached hydrogen (secondary N) is 1. The average molecular weight is 625 g/mol.